The van der Waals surface area contributed by atoms with Gasteiger partial charge in [-0.25, -0.2) is 0 Å². The first kappa shape index (κ1) is 25.3. The molecular formula is C34H42N2O3. The zero-order valence-electron chi connectivity index (χ0n) is 23.6. The lowest BCUT2D eigenvalue weighted by Gasteiger charge is -2.60. The van der Waals surface area contributed by atoms with Crippen LogP contribution in [-0.2, 0) is 16.6 Å². The van der Waals surface area contributed by atoms with Crippen LogP contribution in [0.25, 0.3) is 6.08 Å². The van der Waals surface area contributed by atoms with E-state index in [0.717, 1.165) is 63.1 Å². The van der Waals surface area contributed by atoms with E-state index in [-0.39, 0.29) is 29.6 Å². The number of ether oxygens (including phenoxy) is 1. The molecule has 2 aromatic rings. The highest BCUT2D eigenvalue weighted by Crippen LogP contribution is 2.63. The van der Waals surface area contributed by atoms with Crippen LogP contribution in [0.15, 0.2) is 48.5 Å². The predicted molar refractivity (Wildman–Crippen MR) is 154 cm³/mol. The van der Waals surface area contributed by atoms with E-state index in [2.05, 4.69) is 67.0 Å². The number of rotatable bonds is 7. The number of hydrogen-bond donors (Lipinski definition) is 1. The summed E-state index contributed by atoms with van der Waals surface area (Å²) < 4.78 is 6.95. The second kappa shape index (κ2) is 9.49. The van der Waals surface area contributed by atoms with Crippen LogP contribution in [0.2, 0.25) is 0 Å². The lowest BCUT2D eigenvalue weighted by atomic mass is 9.51. The molecule has 0 radical (unpaired) electrons. The monoisotopic (exact) mass is 526 g/mol. The van der Waals surface area contributed by atoms with E-state index in [0.29, 0.717) is 23.8 Å². The van der Waals surface area contributed by atoms with Gasteiger partial charge in [-0.15, -0.1) is 0 Å². The Labute approximate surface area is 232 Å². The third-order valence-corrected chi connectivity index (χ3v) is 10.4. The Bertz CT molecular complexity index is 1300. The van der Waals surface area contributed by atoms with Crippen molar-refractivity contribution < 1.29 is 14.6 Å². The molecule has 2 heterocycles. The van der Waals surface area contributed by atoms with Gasteiger partial charge in [0.15, 0.2) is 0 Å². The fourth-order valence-corrected chi connectivity index (χ4v) is 8.66. The van der Waals surface area contributed by atoms with Gasteiger partial charge in [0.2, 0.25) is 5.91 Å². The summed E-state index contributed by atoms with van der Waals surface area (Å²) in [4.78, 5) is 18.7. The second-order valence-corrected chi connectivity index (χ2v) is 13.3. The van der Waals surface area contributed by atoms with Gasteiger partial charge < -0.3 is 14.7 Å². The molecule has 5 heteroatoms. The van der Waals surface area contributed by atoms with E-state index in [9.17, 15) is 9.90 Å². The first-order valence-electron chi connectivity index (χ1n) is 15.1. The SMILES string of the molecule is Cc1cccc(C=CC(=O)N(CC(C)C)[C@@H]2CC[C@H]3[C@H]4Cc5cccc6c5[C@@]3(CCN4CC3CC3O)[C@H]2O6)c1. The maximum absolute atomic E-state index is 13.9. The van der Waals surface area contributed by atoms with Gasteiger partial charge in [0.1, 0.15) is 11.9 Å². The first-order chi connectivity index (χ1) is 18.8. The molecule has 3 fully saturated rings. The molecule has 39 heavy (non-hydrogen) atoms. The molecule has 7 atom stereocenters. The first-order valence-corrected chi connectivity index (χ1v) is 15.1. The number of nitrogens with zero attached hydrogens (tertiary/aromatic N) is 2. The van der Waals surface area contributed by atoms with Gasteiger partial charge in [0.25, 0.3) is 0 Å². The minimum Gasteiger partial charge on any atom is -0.487 e. The summed E-state index contributed by atoms with van der Waals surface area (Å²) in [5, 5.41) is 10.1. The number of aliphatic hydroxyl groups excluding tert-OH is 1. The summed E-state index contributed by atoms with van der Waals surface area (Å²) in [6, 6.07) is 15.5. The molecule has 2 saturated carbocycles. The van der Waals surface area contributed by atoms with Crippen LogP contribution in [0.5, 0.6) is 5.75 Å². The topological polar surface area (TPSA) is 53.0 Å². The van der Waals surface area contributed by atoms with Crippen molar-refractivity contribution in [2.75, 3.05) is 19.6 Å². The molecule has 2 bridgehead atoms. The summed E-state index contributed by atoms with van der Waals surface area (Å²) in [5.41, 5.74) is 5.14. The van der Waals surface area contributed by atoms with Crippen molar-refractivity contribution in [3.8, 4) is 5.75 Å². The van der Waals surface area contributed by atoms with Crippen molar-refractivity contribution in [1.29, 1.82) is 0 Å². The van der Waals surface area contributed by atoms with E-state index in [1.54, 1.807) is 6.08 Å². The Kier molecular flexibility index (Phi) is 6.16. The van der Waals surface area contributed by atoms with E-state index in [4.69, 9.17) is 4.74 Å². The van der Waals surface area contributed by atoms with Crippen molar-refractivity contribution in [2.24, 2.45) is 17.8 Å². The Balaban J connectivity index is 1.22. The maximum Gasteiger partial charge on any atom is 0.246 e. The molecule has 5 aliphatic rings. The smallest absolute Gasteiger partial charge is 0.246 e. The molecule has 1 spiro atoms. The fourth-order valence-electron chi connectivity index (χ4n) is 8.66. The van der Waals surface area contributed by atoms with E-state index in [1.807, 2.05) is 12.1 Å². The Morgan fingerprint density at radius 3 is 2.82 bits per heavy atom. The van der Waals surface area contributed by atoms with Gasteiger partial charge in [0.05, 0.1) is 12.1 Å². The summed E-state index contributed by atoms with van der Waals surface area (Å²) in [7, 11) is 0. The van der Waals surface area contributed by atoms with Gasteiger partial charge in [-0.2, -0.15) is 0 Å². The van der Waals surface area contributed by atoms with Crippen LogP contribution < -0.4 is 4.74 Å². The highest BCUT2D eigenvalue weighted by Gasteiger charge is 2.66. The van der Waals surface area contributed by atoms with Crippen molar-refractivity contribution in [3.05, 3.63) is 70.8 Å². The Morgan fingerprint density at radius 2 is 2.05 bits per heavy atom. The predicted octanol–water partition coefficient (Wildman–Crippen LogP) is 4.98. The number of hydrogen-bond acceptors (Lipinski definition) is 4. The molecule has 1 saturated heterocycles. The third-order valence-electron chi connectivity index (χ3n) is 10.4. The standard InChI is InChI=1S/C34H42N2O3/c1-21(2)19-36(31(38)13-10-23-7-4-6-22(3)16-23)27-12-11-26-28-17-24-8-5-9-30-32(24)34(26,33(27)39-30)14-15-35(28)20-25-18-29(25)37/h4-10,13,16,21,25-29,33,37H,11-12,14-15,17-20H2,1-3H3/t25?,26-,27+,28+,29?,33-,34-/m0/s1. The molecule has 0 aromatic heterocycles. The van der Waals surface area contributed by atoms with Gasteiger partial charge >= 0.3 is 0 Å². The highest BCUT2D eigenvalue weighted by atomic mass is 16.5. The molecular weight excluding hydrogens is 484 g/mol. The summed E-state index contributed by atoms with van der Waals surface area (Å²) >= 11 is 0. The number of benzene rings is 2. The normalized spacial score (nSPS) is 34.2. The quantitative estimate of drug-likeness (QED) is 0.517. The van der Waals surface area contributed by atoms with E-state index >= 15 is 0 Å². The number of carbonyl (C=O) groups is 1. The number of aliphatic hydroxyl groups is 1. The minimum atomic E-state index is -0.106. The number of piperidine rings is 1. The molecule has 1 amide bonds. The van der Waals surface area contributed by atoms with Crippen molar-refractivity contribution in [2.45, 2.75) is 82.6 Å². The van der Waals surface area contributed by atoms with Crippen LogP contribution in [0.3, 0.4) is 0 Å². The summed E-state index contributed by atoms with van der Waals surface area (Å²) in [5.74, 6) is 2.52. The summed E-state index contributed by atoms with van der Waals surface area (Å²) in [6.07, 6.45) is 8.85. The zero-order chi connectivity index (χ0) is 26.9. The Hall–Kier alpha value is -2.63. The van der Waals surface area contributed by atoms with Gasteiger partial charge in [-0.05, 0) is 80.7 Å². The van der Waals surface area contributed by atoms with Crippen molar-refractivity contribution in [3.63, 3.8) is 0 Å². The fraction of sp³-hybridized carbons (Fsp3) is 0.559. The second-order valence-electron chi connectivity index (χ2n) is 13.3. The molecule has 3 aliphatic carbocycles. The zero-order valence-corrected chi connectivity index (χ0v) is 23.6. The highest BCUT2D eigenvalue weighted by molar-refractivity contribution is 5.92. The van der Waals surface area contributed by atoms with Crippen LogP contribution in [0.4, 0.5) is 0 Å². The largest absolute Gasteiger partial charge is 0.487 e. The molecule has 7 rings (SSSR count). The number of likely N-dealkylation sites (tertiary alicyclic amines) is 1. The molecule has 2 aromatic carbocycles. The summed E-state index contributed by atoms with van der Waals surface area (Å²) in [6.45, 7) is 9.30. The maximum atomic E-state index is 13.9. The number of amides is 1. The minimum absolute atomic E-state index is 0.000986. The van der Waals surface area contributed by atoms with Gasteiger partial charge in [-0.3, -0.25) is 9.69 Å². The molecule has 206 valence electrons. The van der Waals surface area contributed by atoms with Gasteiger partial charge in [-0.1, -0.05) is 55.8 Å². The van der Waals surface area contributed by atoms with Crippen LogP contribution in [0, 0.1) is 24.7 Å². The molecule has 5 nitrogen and oxygen atoms in total. The van der Waals surface area contributed by atoms with Crippen molar-refractivity contribution >= 4 is 12.0 Å². The lowest BCUT2D eigenvalue weighted by molar-refractivity contribution is -0.138. The average molecular weight is 527 g/mol. The van der Waals surface area contributed by atoms with Gasteiger partial charge in [0, 0.05) is 42.1 Å². The number of carbonyl (C=O) groups excluding carboxylic acids is 1. The third kappa shape index (κ3) is 4.15. The van der Waals surface area contributed by atoms with E-state index < -0.39 is 0 Å². The van der Waals surface area contributed by atoms with Crippen molar-refractivity contribution in [1.82, 2.24) is 9.80 Å². The van der Waals surface area contributed by atoms with Crippen LogP contribution in [0.1, 0.15) is 61.8 Å². The van der Waals surface area contributed by atoms with E-state index in [1.165, 1.54) is 16.7 Å². The van der Waals surface area contributed by atoms with Crippen LogP contribution in [-0.4, -0.2) is 64.7 Å². The number of aryl methyl sites for hydroxylation is 1. The molecule has 2 aliphatic heterocycles. The molecule has 1 N–H and O–H groups in total. The average Bonchev–Trinajstić information content (AvgIpc) is 3.50. The van der Waals surface area contributed by atoms with Crippen LogP contribution >= 0.6 is 0 Å². The Morgan fingerprint density at radius 1 is 1.23 bits per heavy atom. The lowest BCUT2D eigenvalue weighted by Crippen LogP contribution is -2.69. The molecule has 2 unspecified atom stereocenters.